The van der Waals surface area contributed by atoms with E-state index < -0.39 is 5.82 Å². The van der Waals surface area contributed by atoms with E-state index >= 15 is 0 Å². The summed E-state index contributed by atoms with van der Waals surface area (Å²) in [7, 11) is 3.23. The molecule has 0 spiro atoms. The molecule has 3 atom stereocenters. The Bertz CT molecular complexity index is 835. The van der Waals surface area contributed by atoms with Crippen LogP contribution in [-0.2, 0) is 0 Å². The number of nitrogens with zero attached hydrogens (tertiary/aromatic N) is 2. The zero-order valence-electron chi connectivity index (χ0n) is 17.8. The summed E-state index contributed by atoms with van der Waals surface area (Å²) in [5.74, 6) is 1.54. The Hall–Kier alpha value is -2.43. The van der Waals surface area contributed by atoms with Gasteiger partial charge in [0.15, 0.2) is 5.82 Å². The van der Waals surface area contributed by atoms with E-state index in [0.717, 1.165) is 12.0 Å². The second kappa shape index (κ2) is 9.38. The highest BCUT2D eigenvalue weighted by Crippen LogP contribution is 2.42. The Labute approximate surface area is 173 Å². The van der Waals surface area contributed by atoms with Crippen molar-refractivity contribution in [3.8, 4) is 11.6 Å². The van der Waals surface area contributed by atoms with Crippen molar-refractivity contribution in [3.63, 3.8) is 0 Å². The van der Waals surface area contributed by atoms with E-state index in [1.807, 2.05) is 12.1 Å². The topological polar surface area (TPSA) is 42.4 Å². The molecule has 0 bridgehead atoms. The molecule has 5 heteroatoms. The fourth-order valence-corrected chi connectivity index (χ4v) is 4.31. The summed E-state index contributed by atoms with van der Waals surface area (Å²) in [6.45, 7) is 4.60. The number of halogens is 1. The van der Waals surface area contributed by atoms with E-state index in [1.165, 1.54) is 48.8 Å². The Morgan fingerprint density at radius 2 is 1.97 bits per heavy atom. The third kappa shape index (κ3) is 5.14. The van der Waals surface area contributed by atoms with Gasteiger partial charge in [0.05, 0.1) is 5.56 Å². The minimum absolute atomic E-state index is 0.123. The van der Waals surface area contributed by atoms with Crippen molar-refractivity contribution >= 4 is 5.91 Å². The van der Waals surface area contributed by atoms with Gasteiger partial charge in [0.1, 0.15) is 5.75 Å². The van der Waals surface area contributed by atoms with Gasteiger partial charge in [-0.2, -0.15) is 0 Å². The quantitative estimate of drug-likeness (QED) is 0.596. The Balaban J connectivity index is 1.70. The number of hydrogen-bond donors (Lipinski definition) is 0. The lowest BCUT2D eigenvalue weighted by molar-refractivity contribution is 0.0826. The molecule has 1 fully saturated rings. The molecule has 3 rings (SSSR count). The predicted octanol–water partition coefficient (Wildman–Crippen LogP) is 6.03. The van der Waals surface area contributed by atoms with E-state index in [-0.39, 0.29) is 17.4 Å². The van der Waals surface area contributed by atoms with Gasteiger partial charge in [0, 0.05) is 20.3 Å². The van der Waals surface area contributed by atoms with E-state index in [0.29, 0.717) is 17.6 Å². The maximum atomic E-state index is 14.3. The monoisotopic (exact) mass is 398 g/mol. The summed E-state index contributed by atoms with van der Waals surface area (Å²) in [6, 6.07) is 9.10. The van der Waals surface area contributed by atoms with E-state index in [1.54, 1.807) is 14.1 Å². The summed E-state index contributed by atoms with van der Waals surface area (Å²) in [5, 5.41) is 0. The molecule has 1 heterocycles. The number of aromatic nitrogens is 1. The molecule has 1 aromatic carbocycles. The average molecular weight is 399 g/mol. The van der Waals surface area contributed by atoms with E-state index in [2.05, 4.69) is 31.0 Å². The Kier molecular flexibility index (Phi) is 6.88. The first kappa shape index (κ1) is 21.3. The number of ether oxygens (including phenoxy) is 1. The van der Waals surface area contributed by atoms with Crippen LogP contribution in [0.5, 0.6) is 11.6 Å². The lowest BCUT2D eigenvalue weighted by atomic mass is 9.71. The Morgan fingerprint density at radius 3 is 2.59 bits per heavy atom. The van der Waals surface area contributed by atoms with Crippen molar-refractivity contribution in [3.05, 3.63) is 53.5 Å². The van der Waals surface area contributed by atoms with Crippen molar-refractivity contribution < 1.29 is 13.9 Å². The molecule has 0 saturated heterocycles. The van der Waals surface area contributed by atoms with Gasteiger partial charge in [0.2, 0.25) is 0 Å². The number of hydrogen-bond acceptors (Lipinski definition) is 3. The summed E-state index contributed by atoms with van der Waals surface area (Å²) in [5.41, 5.74) is 1.52. The van der Waals surface area contributed by atoms with Crippen LogP contribution in [0.2, 0.25) is 0 Å². The van der Waals surface area contributed by atoms with Gasteiger partial charge in [-0.15, -0.1) is 0 Å². The lowest BCUT2D eigenvalue weighted by Crippen LogP contribution is -2.22. The van der Waals surface area contributed by atoms with Crippen LogP contribution in [0.3, 0.4) is 0 Å². The molecule has 0 N–H and O–H groups in total. The first-order chi connectivity index (χ1) is 13.9. The smallest absolute Gasteiger partial charge is 0.255 e. The highest BCUT2D eigenvalue weighted by atomic mass is 19.1. The normalized spacial score (nSPS) is 21.6. The van der Waals surface area contributed by atoms with Crippen LogP contribution in [0.4, 0.5) is 4.39 Å². The summed E-state index contributed by atoms with van der Waals surface area (Å²) < 4.78 is 20.0. The standard InChI is InChI=1S/C24H31FN2O2/c1-5-6-17-8-7-16(2)21(13-17)18-9-11-20(12-10-18)29-23-22(25)14-19(15-26-23)24(28)27(3)4/h9-12,14-17,21H,5-8,13H2,1-4H3. The van der Waals surface area contributed by atoms with Crippen molar-refractivity contribution in [1.82, 2.24) is 9.88 Å². The van der Waals surface area contributed by atoms with Crippen molar-refractivity contribution in [2.24, 2.45) is 11.8 Å². The van der Waals surface area contributed by atoms with Gasteiger partial charge in [-0.25, -0.2) is 9.37 Å². The maximum absolute atomic E-state index is 14.3. The molecule has 1 aliphatic rings. The molecule has 1 aromatic heterocycles. The van der Waals surface area contributed by atoms with Gasteiger partial charge in [-0.05, 0) is 54.4 Å². The van der Waals surface area contributed by atoms with Crippen LogP contribution in [0.15, 0.2) is 36.5 Å². The van der Waals surface area contributed by atoms with E-state index in [9.17, 15) is 9.18 Å². The van der Waals surface area contributed by atoms with Crippen LogP contribution >= 0.6 is 0 Å². The molecule has 29 heavy (non-hydrogen) atoms. The maximum Gasteiger partial charge on any atom is 0.255 e. The van der Waals surface area contributed by atoms with Gasteiger partial charge >= 0.3 is 0 Å². The van der Waals surface area contributed by atoms with Crippen LogP contribution < -0.4 is 4.74 Å². The Morgan fingerprint density at radius 1 is 1.24 bits per heavy atom. The number of rotatable bonds is 6. The third-order valence-electron chi connectivity index (χ3n) is 5.98. The summed E-state index contributed by atoms with van der Waals surface area (Å²) in [4.78, 5) is 17.3. The summed E-state index contributed by atoms with van der Waals surface area (Å²) in [6.07, 6.45) is 7.75. The van der Waals surface area contributed by atoms with Crippen molar-refractivity contribution in [2.45, 2.75) is 51.9 Å². The summed E-state index contributed by atoms with van der Waals surface area (Å²) >= 11 is 0. The van der Waals surface area contributed by atoms with Crippen molar-refractivity contribution in [2.75, 3.05) is 14.1 Å². The van der Waals surface area contributed by atoms with Crippen LogP contribution in [-0.4, -0.2) is 29.9 Å². The molecular weight excluding hydrogens is 367 g/mol. The minimum Gasteiger partial charge on any atom is -0.436 e. The van der Waals surface area contributed by atoms with Gasteiger partial charge in [0.25, 0.3) is 11.8 Å². The average Bonchev–Trinajstić information content (AvgIpc) is 2.71. The molecular formula is C24H31FN2O2. The number of carbonyl (C=O) groups is 1. The molecule has 156 valence electrons. The molecule has 3 unspecified atom stereocenters. The van der Waals surface area contributed by atoms with Crippen molar-refractivity contribution in [1.29, 1.82) is 0 Å². The molecule has 4 nitrogen and oxygen atoms in total. The van der Waals surface area contributed by atoms with Gasteiger partial charge in [-0.1, -0.05) is 45.2 Å². The molecule has 0 radical (unpaired) electrons. The van der Waals surface area contributed by atoms with Gasteiger partial charge < -0.3 is 9.64 Å². The predicted molar refractivity (Wildman–Crippen MR) is 113 cm³/mol. The van der Waals surface area contributed by atoms with Gasteiger partial charge in [-0.3, -0.25) is 4.79 Å². The number of carbonyl (C=O) groups excluding carboxylic acids is 1. The van der Waals surface area contributed by atoms with Crippen LogP contribution in [0, 0.1) is 17.7 Å². The molecule has 1 saturated carbocycles. The zero-order valence-corrected chi connectivity index (χ0v) is 17.8. The third-order valence-corrected chi connectivity index (χ3v) is 5.98. The number of pyridine rings is 1. The highest BCUT2D eigenvalue weighted by Gasteiger charge is 2.28. The lowest BCUT2D eigenvalue weighted by Gasteiger charge is -2.34. The molecule has 2 aromatic rings. The second-order valence-corrected chi connectivity index (χ2v) is 8.43. The highest BCUT2D eigenvalue weighted by molar-refractivity contribution is 5.93. The SMILES string of the molecule is CCCC1CCC(C)C(c2ccc(Oc3ncc(C(=O)N(C)C)cc3F)cc2)C1. The minimum atomic E-state index is -0.648. The molecule has 0 aliphatic heterocycles. The number of benzene rings is 1. The zero-order chi connectivity index (χ0) is 21.0. The molecule has 1 aliphatic carbocycles. The largest absolute Gasteiger partial charge is 0.436 e. The van der Waals surface area contributed by atoms with Crippen LogP contribution in [0.1, 0.15) is 67.8 Å². The first-order valence-electron chi connectivity index (χ1n) is 10.5. The van der Waals surface area contributed by atoms with E-state index in [4.69, 9.17) is 4.74 Å². The number of amides is 1. The second-order valence-electron chi connectivity index (χ2n) is 8.43. The molecule has 1 amide bonds. The van der Waals surface area contributed by atoms with Crippen LogP contribution in [0.25, 0.3) is 0 Å². The fourth-order valence-electron chi connectivity index (χ4n) is 4.31. The first-order valence-corrected chi connectivity index (χ1v) is 10.5. The fraction of sp³-hybridized carbons (Fsp3) is 0.500.